The second-order valence-corrected chi connectivity index (χ2v) is 6.10. The number of H-pyrrole nitrogens is 1. The van der Waals surface area contributed by atoms with Gasteiger partial charge in [0.25, 0.3) is 0 Å². The highest BCUT2D eigenvalue weighted by Crippen LogP contribution is 2.41. The minimum atomic E-state index is -5.18. The molecule has 3 aromatic rings. The number of benzene rings is 2. The van der Waals surface area contributed by atoms with E-state index in [1.807, 2.05) is 0 Å². The lowest BCUT2D eigenvalue weighted by atomic mass is 10.1. The first-order chi connectivity index (χ1) is 12.7. The van der Waals surface area contributed by atoms with Crippen molar-refractivity contribution in [2.45, 2.75) is 18.5 Å². The molecule has 2 nitrogen and oxygen atoms in total. The molecular formula is C16H6ClF9N2. The Bertz CT molecular complexity index is 1050. The van der Waals surface area contributed by atoms with Crippen molar-refractivity contribution >= 4 is 22.6 Å². The van der Waals surface area contributed by atoms with Crippen LogP contribution in [0.3, 0.4) is 0 Å². The highest BCUT2D eigenvalue weighted by Gasteiger charge is 2.39. The Morgan fingerprint density at radius 1 is 0.750 bits per heavy atom. The third-order valence-corrected chi connectivity index (χ3v) is 4.10. The number of nitrogens with one attached hydrogen (secondary N) is 1. The smallest absolute Gasteiger partial charge is 0.338 e. The van der Waals surface area contributed by atoms with Crippen molar-refractivity contribution in [1.82, 2.24) is 9.97 Å². The maximum Gasteiger partial charge on any atom is 0.418 e. The Kier molecular flexibility index (Phi) is 4.56. The molecule has 0 unspecified atom stereocenters. The van der Waals surface area contributed by atoms with Gasteiger partial charge in [0.2, 0.25) is 0 Å². The molecule has 0 bridgehead atoms. The Balaban J connectivity index is 2.29. The fourth-order valence-electron chi connectivity index (χ4n) is 2.51. The molecule has 0 spiro atoms. The molecule has 0 atom stereocenters. The van der Waals surface area contributed by atoms with Gasteiger partial charge in [0.05, 0.1) is 27.2 Å². The summed E-state index contributed by atoms with van der Waals surface area (Å²) in [6.45, 7) is 0. The van der Waals surface area contributed by atoms with Crippen molar-refractivity contribution in [2.75, 3.05) is 0 Å². The molecule has 0 aliphatic carbocycles. The molecule has 2 aromatic carbocycles. The van der Waals surface area contributed by atoms with Crippen LogP contribution in [0, 0.1) is 0 Å². The zero-order valence-corrected chi connectivity index (χ0v) is 13.9. The molecule has 12 heteroatoms. The summed E-state index contributed by atoms with van der Waals surface area (Å²) in [5.74, 6) is -0.532. The largest absolute Gasteiger partial charge is 0.418 e. The van der Waals surface area contributed by atoms with Crippen molar-refractivity contribution in [3.05, 3.63) is 52.0 Å². The molecule has 1 aromatic heterocycles. The number of aromatic amines is 1. The summed E-state index contributed by atoms with van der Waals surface area (Å²) in [6.07, 6.45) is -15.0. The number of hydrogen-bond acceptors (Lipinski definition) is 1. The summed E-state index contributed by atoms with van der Waals surface area (Å²) < 4.78 is 117. The van der Waals surface area contributed by atoms with Crippen LogP contribution in [0.4, 0.5) is 39.5 Å². The van der Waals surface area contributed by atoms with Crippen LogP contribution in [-0.2, 0) is 18.5 Å². The van der Waals surface area contributed by atoms with Crippen LogP contribution in [0.2, 0.25) is 5.02 Å². The van der Waals surface area contributed by atoms with Gasteiger partial charge >= 0.3 is 18.5 Å². The Labute approximate surface area is 154 Å². The van der Waals surface area contributed by atoms with Crippen LogP contribution >= 0.6 is 11.6 Å². The van der Waals surface area contributed by atoms with E-state index < -0.39 is 57.6 Å². The Hall–Kier alpha value is -2.43. The third-order valence-electron chi connectivity index (χ3n) is 3.77. The predicted molar refractivity (Wildman–Crippen MR) is 81.5 cm³/mol. The minimum Gasteiger partial charge on any atom is -0.338 e. The summed E-state index contributed by atoms with van der Waals surface area (Å²) in [6, 6.07) is 2.33. The van der Waals surface area contributed by atoms with E-state index in [1.165, 1.54) is 0 Å². The van der Waals surface area contributed by atoms with E-state index in [2.05, 4.69) is 9.97 Å². The number of halogens is 10. The van der Waals surface area contributed by atoms with Crippen molar-refractivity contribution in [3.63, 3.8) is 0 Å². The van der Waals surface area contributed by atoms with Gasteiger partial charge in [-0.25, -0.2) is 4.98 Å². The number of rotatable bonds is 1. The molecule has 3 rings (SSSR count). The lowest BCUT2D eigenvalue weighted by Crippen LogP contribution is -2.11. The highest BCUT2D eigenvalue weighted by atomic mass is 35.5. The molecular weight excluding hydrogens is 427 g/mol. The van der Waals surface area contributed by atoms with Crippen LogP contribution in [0.1, 0.15) is 16.7 Å². The van der Waals surface area contributed by atoms with Gasteiger partial charge in [-0.3, -0.25) is 0 Å². The van der Waals surface area contributed by atoms with E-state index in [4.69, 9.17) is 11.6 Å². The van der Waals surface area contributed by atoms with E-state index in [0.717, 1.165) is 6.07 Å². The van der Waals surface area contributed by atoms with Crippen molar-refractivity contribution in [3.8, 4) is 11.4 Å². The second kappa shape index (κ2) is 6.29. The monoisotopic (exact) mass is 432 g/mol. The highest BCUT2D eigenvalue weighted by molar-refractivity contribution is 6.33. The molecule has 1 N–H and O–H groups in total. The number of fused-ring (bicyclic) bond motifs is 1. The molecule has 0 saturated heterocycles. The first kappa shape index (κ1) is 20.3. The Morgan fingerprint density at radius 2 is 1.36 bits per heavy atom. The third kappa shape index (κ3) is 3.75. The molecule has 0 fully saturated rings. The van der Waals surface area contributed by atoms with E-state index >= 15 is 0 Å². The molecule has 1 heterocycles. The van der Waals surface area contributed by atoms with Crippen molar-refractivity contribution in [1.29, 1.82) is 0 Å². The lowest BCUT2D eigenvalue weighted by molar-refractivity contribution is -0.142. The number of aromatic nitrogens is 2. The fraction of sp³-hybridized carbons (Fsp3) is 0.188. The van der Waals surface area contributed by atoms with Crippen LogP contribution in [0.5, 0.6) is 0 Å². The Morgan fingerprint density at radius 3 is 1.89 bits per heavy atom. The molecule has 28 heavy (non-hydrogen) atoms. The van der Waals surface area contributed by atoms with E-state index in [1.54, 1.807) is 0 Å². The summed E-state index contributed by atoms with van der Waals surface area (Å²) in [7, 11) is 0. The van der Waals surface area contributed by atoms with Gasteiger partial charge in [-0.15, -0.1) is 0 Å². The molecule has 150 valence electrons. The van der Waals surface area contributed by atoms with Crippen LogP contribution < -0.4 is 0 Å². The summed E-state index contributed by atoms with van der Waals surface area (Å²) in [5.41, 5.74) is -6.34. The molecule has 0 aliphatic rings. The first-order valence-corrected chi connectivity index (χ1v) is 7.61. The molecule has 0 radical (unpaired) electrons. The van der Waals surface area contributed by atoms with Crippen LogP contribution in [-0.4, -0.2) is 9.97 Å². The van der Waals surface area contributed by atoms with Gasteiger partial charge < -0.3 is 4.98 Å². The van der Waals surface area contributed by atoms with Gasteiger partial charge in [0.1, 0.15) is 11.3 Å². The normalized spacial score (nSPS) is 13.4. The number of hydrogen-bond donors (Lipinski definition) is 1. The van der Waals surface area contributed by atoms with Crippen LogP contribution in [0.25, 0.3) is 22.4 Å². The minimum absolute atomic E-state index is 0.110. The zero-order valence-electron chi connectivity index (χ0n) is 13.1. The standard InChI is InChI=1S/C16H6ClF9N2/c17-10-2-1-6(14(18,19)20)3-8(10)13-27-11-5-7(15(21,22)23)4-9(12(11)28-13)16(24,25)26/h1-5H,(H,27,28). The topological polar surface area (TPSA) is 28.7 Å². The summed E-state index contributed by atoms with van der Waals surface area (Å²) >= 11 is 5.81. The first-order valence-electron chi connectivity index (χ1n) is 7.23. The number of imidazole rings is 1. The lowest BCUT2D eigenvalue weighted by Gasteiger charge is -2.11. The van der Waals surface area contributed by atoms with E-state index in [9.17, 15) is 39.5 Å². The molecule has 0 aliphatic heterocycles. The maximum absolute atomic E-state index is 13.2. The number of alkyl halides is 9. The van der Waals surface area contributed by atoms with Crippen molar-refractivity contribution < 1.29 is 39.5 Å². The zero-order chi connectivity index (χ0) is 21.1. The average molecular weight is 433 g/mol. The second-order valence-electron chi connectivity index (χ2n) is 5.69. The van der Waals surface area contributed by atoms with Crippen LogP contribution in [0.15, 0.2) is 30.3 Å². The molecule has 0 amide bonds. The van der Waals surface area contributed by atoms with Gasteiger partial charge in [0, 0.05) is 5.56 Å². The summed E-state index contributed by atoms with van der Waals surface area (Å²) in [5, 5.41) is -0.281. The fourth-order valence-corrected chi connectivity index (χ4v) is 2.71. The predicted octanol–water partition coefficient (Wildman–Crippen LogP) is 6.94. The quantitative estimate of drug-likeness (QED) is 0.415. The van der Waals surface area contributed by atoms with Gasteiger partial charge in [-0.05, 0) is 30.3 Å². The summed E-state index contributed by atoms with van der Waals surface area (Å²) in [4.78, 5) is 5.76. The van der Waals surface area contributed by atoms with E-state index in [-0.39, 0.29) is 11.1 Å². The SMILES string of the molecule is FC(F)(F)c1ccc(Cl)c(-c2nc3c(C(F)(F)F)cc(C(F)(F)F)cc3[nH]2)c1. The van der Waals surface area contributed by atoms with E-state index in [0.29, 0.717) is 18.2 Å². The number of nitrogens with zero attached hydrogens (tertiary/aromatic N) is 1. The molecule has 0 saturated carbocycles. The average Bonchev–Trinajstić information content (AvgIpc) is 2.94. The van der Waals surface area contributed by atoms with Gasteiger partial charge in [-0.2, -0.15) is 39.5 Å². The van der Waals surface area contributed by atoms with Gasteiger partial charge in [0.15, 0.2) is 0 Å². The van der Waals surface area contributed by atoms with Crippen molar-refractivity contribution in [2.24, 2.45) is 0 Å². The maximum atomic E-state index is 13.2. The van der Waals surface area contributed by atoms with Gasteiger partial charge in [-0.1, -0.05) is 11.6 Å².